The molecular formula is C13H21N5OS. The molecule has 0 amide bonds. The lowest BCUT2D eigenvalue weighted by Gasteiger charge is -2.11. The van der Waals surface area contributed by atoms with Crippen molar-refractivity contribution < 1.29 is 4.74 Å². The smallest absolute Gasteiger partial charge is 0.197 e. The van der Waals surface area contributed by atoms with Gasteiger partial charge in [0.1, 0.15) is 6.23 Å². The molecule has 1 heterocycles. The summed E-state index contributed by atoms with van der Waals surface area (Å²) in [4.78, 5) is 8.35. The third-order valence-corrected chi connectivity index (χ3v) is 2.92. The molecule has 0 saturated heterocycles. The van der Waals surface area contributed by atoms with E-state index in [0.717, 1.165) is 12.1 Å². The number of aryl methyl sites for hydroxylation is 1. The lowest BCUT2D eigenvalue weighted by atomic mass is 10.2. The van der Waals surface area contributed by atoms with Crippen LogP contribution in [0.15, 0.2) is 23.3 Å². The van der Waals surface area contributed by atoms with E-state index >= 15 is 0 Å². The second-order valence-corrected chi connectivity index (χ2v) is 4.66. The van der Waals surface area contributed by atoms with Crippen molar-refractivity contribution in [3.63, 3.8) is 0 Å². The maximum Gasteiger partial charge on any atom is 0.197 e. The van der Waals surface area contributed by atoms with Crippen LogP contribution in [0.25, 0.3) is 0 Å². The minimum absolute atomic E-state index is 0.228. The van der Waals surface area contributed by atoms with Crippen LogP contribution in [0.5, 0.6) is 0 Å². The summed E-state index contributed by atoms with van der Waals surface area (Å²) in [5.74, 6) is 0.228. The molecule has 0 aromatic carbocycles. The van der Waals surface area contributed by atoms with Crippen LogP contribution in [0.1, 0.15) is 18.2 Å². The lowest BCUT2D eigenvalue weighted by molar-refractivity contribution is 0.126. The Bertz CT molecular complexity index is 478. The normalized spacial score (nSPS) is 12.8. The van der Waals surface area contributed by atoms with Gasteiger partial charge in [0.25, 0.3) is 0 Å². The first-order valence-electron chi connectivity index (χ1n) is 6.34. The van der Waals surface area contributed by atoms with Gasteiger partial charge in [-0.3, -0.25) is 4.98 Å². The van der Waals surface area contributed by atoms with Gasteiger partial charge < -0.3 is 21.1 Å². The summed E-state index contributed by atoms with van der Waals surface area (Å²) in [5.41, 5.74) is 7.90. The molecule has 20 heavy (non-hydrogen) atoms. The zero-order valence-electron chi connectivity index (χ0n) is 12.0. The van der Waals surface area contributed by atoms with Crippen molar-refractivity contribution in [2.24, 2.45) is 10.7 Å². The first-order chi connectivity index (χ1) is 9.52. The van der Waals surface area contributed by atoms with Crippen molar-refractivity contribution >= 4 is 23.3 Å². The van der Waals surface area contributed by atoms with Gasteiger partial charge in [-0.1, -0.05) is 6.07 Å². The van der Waals surface area contributed by atoms with Gasteiger partial charge in [-0.05, 0) is 37.7 Å². The Morgan fingerprint density at radius 2 is 2.35 bits per heavy atom. The Balaban J connectivity index is 2.34. The molecule has 0 bridgehead atoms. The summed E-state index contributed by atoms with van der Waals surface area (Å²) in [7, 11) is 1.56. The number of pyridine rings is 1. The van der Waals surface area contributed by atoms with Gasteiger partial charge in [0, 0.05) is 32.0 Å². The summed E-state index contributed by atoms with van der Waals surface area (Å²) in [5, 5.41) is 6.29. The SMILES string of the molecule is COC(C)/N=C(/N)NC(=S)NCCc1ncccc1C. The molecule has 0 fully saturated rings. The summed E-state index contributed by atoms with van der Waals surface area (Å²) >= 11 is 5.12. The lowest BCUT2D eigenvalue weighted by Crippen LogP contribution is -2.44. The second-order valence-electron chi connectivity index (χ2n) is 4.25. The summed E-state index contributed by atoms with van der Waals surface area (Å²) in [6, 6.07) is 3.96. The molecule has 0 aliphatic carbocycles. The number of aliphatic imine (C=N–C) groups is 1. The molecule has 7 heteroatoms. The van der Waals surface area contributed by atoms with Gasteiger partial charge in [-0.15, -0.1) is 0 Å². The first-order valence-corrected chi connectivity index (χ1v) is 6.75. The number of hydrogen-bond donors (Lipinski definition) is 3. The van der Waals surface area contributed by atoms with Gasteiger partial charge in [0.05, 0.1) is 0 Å². The van der Waals surface area contributed by atoms with Crippen molar-refractivity contribution in [2.45, 2.75) is 26.5 Å². The third kappa shape index (κ3) is 5.94. The molecular weight excluding hydrogens is 274 g/mol. The van der Waals surface area contributed by atoms with E-state index in [0.29, 0.717) is 11.7 Å². The highest BCUT2D eigenvalue weighted by atomic mass is 32.1. The van der Waals surface area contributed by atoms with E-state index in [1.807, 2.05) is 19.1 Å². The highest BCUT2D eigenvalue weighted by Crippen LogP contribution is 2.02. The zero-order chi connectivity index (χ0) is 15.0. The summed E-state index contributed by atoms with van der Waals surface area (Å²) in [6.45, 7) is 4.50. The van der Waals surface area contributed by atoms with Crippen molar-refractivity contribution in [3.05, 3.63) is 29.6 Å². The van der Waals surface area contributed by atoms with Crippen LogP contribution >= 0.6 is 12.2 Å². The maximum atomic E-state index is 5.68. The summed E-state index contributed by atoms with van der Waals surface area (Å²) in [6.07, 6.45) is 2.27. The molecule has 0 spiro atoms. The van der Waals surface area contributed by atoms with Crippen LogP contribution in [0.3, 0.4) is 0 Å². The number of nitrogens with one attached hydrogen (secondary N) is 2. The van der Waals surface area contributed by atoms with Crippen molar-refractivity contribution in [1.29, 1.82) is 0 Å². The monoisotopic (exact) mass is 295 g/mol. The van der Waals surface area contributed by atoms with Gasteiger partial charge >= 0.3 is 0 Å². The number of aromatic nitrogens is 1. The number of nitrogens with zero attached hydrogens (tertiary/aromatic N) is 2. The molecule has 1 aromatic rings. The van der Waals surface area contributed by atoms with E-state index in [1.54, 1.807) is 20.2 Å². The fourth-order valence-corrected chi connectivity index (χ4v) is 1.72. The molecule has 0 radical (unpaired) electrons. The summed E-state index contributed by atoms with van der Waals surface area (Å²) < 4.78 is 4.98. The van der Waals surface area contributed by atoms with E-state index < -0.39 is 0 Å². The number of nitrogens with two attached hydrogens (primary N) is 1. The van der Waals surface area contributed by atoms with Crippen molar-refractivity contribution in [2.75, 3.05) is 13.7 Å². The molecule has 6 nitrogen and oxygen atoms in total. The molecule has 0 aliphatic heterocycles. The number of guanidine groups is 1. The molecule has 1 unspecified atom stereocenters. The number of ether oxygens (including phenoxy) is 1. The third-order valence-electron chi connectivity index (χ3n) is 2.67. The Morgan fingerprint density at radius 3 is 3.00 bits per heavy atom. The van der Waals surface area contributed by atoms with Gasteiger partial charge in [0.2, 0.25) is 0 Å². The largest absolute Gasteiger partial charge is 0.370 e. The fourth-order valence-electron chi connectivity index (χ4n) is 1.52. The van der Waals surface area contributed by atoms with Crippen LogP contribution in [0, 0.1) is 6.92 Å². The second kappa shape index (κ2) is 8.44. The van der Waals surface area contributed by atoms with E-state index in [1.165, 1.54) is 5.56 Å². The van der Waals surface area contributed by atoms with Gasteiger partial charge in [-0.25, -0.2) is 4.99 Å². The molecule has 110 valence electrons. The van der Waals surface area contributed by atoms with E-state index in [-0.39, 0.29) is 12.2 Å². The number of methoxy groups -OCH3 is 1. The predicted molar refractivity (Wildman–Crippen MR) is 84.5 cm³/mol. The molecule has 0 aliphatic rings. The van der Waals surface area contributed by atoms with Crippen LogP contribution in [0.4, 0.5) is 0 Å². The van der Waals surface area contributed by atoms with Crippen LogP contribution in [-0.2, 0) is 11.2 Å². The van der Waals surface area contributed by atoms with Crippen molar-refractivity contribution in [1.82, 2.24) is 15.6 Å². The zero-order valence-corrected chi connectivity index (χ0v) is 12.8. The Labute approximate surface area is 124 Å². The molecule has 1 atom stereocenters. The standard InChI is InChI=1S/C13H21N5OS/c1-9-5-4-7-15-11(9)6-8-16-13(20)18-12(14)17-10(2)19-3/h4-5,7,10H,6,8H2,1-3H3,(H4,14,16,17,18,20). The minimum atomic E-state index is -0.304. The average molecular weight is 295 g/mol. The first kappa shape index (κ1) is 16.3. The fraction of sp³-hybridized carbons (Fsp3) is 0.462. The Morgan fingerprint density at radius 1 is 1.60 bits per heavy atom. The maximum absolute atomic E-state index is 5.68. The van der Waals surface area contributed by atoms with Crippen molar-refractivity contribution in [3.8, 4) is 0 Å². The Kier molecular flexibility index (Phi) is 6.89. The van der Waals surface area contributed by atoms with E-state index in [4.69, 9.17) is 22.7 Å². The molecule has 4 N–H and O–H groups in total. The number of hydrogen-bond acceptors (Lipinski definition) is 4. The number of thiocarbonyl (C=S) groups is 1. The molecule has 1 aromatic heterocycles. The quantitative estimate of drug-likeness (QED) is 0.421. The highest BCUT2D eigenvalue weighted by molar-refractivity contribution is 7.80. The van der Waals surface area contributed by atoms with Crippen LogP contribution < -0.4 is 16.4 Å². The van der Waals surface area contributed by atoms with Gasteiger partial charge in [-0.2, -0.15) is 0 Å². The van der Waals surface area contributed by atoms with Gasteiger partial charge in [0.15, 0.2) is 11.1 Å². The van der Waals surface area contributed by atoms with Crippen LogP contribution in [-0.4, -0.2) is 35.9 Å². The minimum Gasteiger partial charge on any atom is -0.370 e. The van der Waals surface area contributed by atoms with E-state index in [2.05, 4.69) is 20.6 Å². The highest BCUT2D eigenvalue weighted by Gasteiger charge is 2.02. The predicted octanol–water partition coefficient (Wildman–Crippen LogP) is 0.704. The Hall–Kier alpha value is -1.73. The molecule has 1 rings (SSSR count). The van der Waals surface area contributed by atoms with E-state index in [9.17, 15) is 0 Å². The molecule has 0 saturated carbocycles. The number of rotatable bonds is 5. The average Bonchev–Trinajstić information content (AvgIpc) is 2.40. The van der Waals surface area contributed by atoms with Crippen LogP contribution in [0.2, 0.25) is 0 Å². The topological polar surface area (TPSA) is 84.6 Å².